The summed E-state index contributed by atoms with van der Waals surface area (Å²) in [4.78, 5) is 8.61. The van der Waals surface area contributed by atoms with Crippen molar-refractivity contribution in [1.82, 2.24) is 4.98 Å². The molecule has 1 aliphatic rings. The topological polar surface area (TPSA) is 25.2 Å². The quantitative estimate of drug-likeness (QED) is 0.725. The number of nitrogens with zero attached hydrogens (tertiary/aromatic N) is 2. The van der Waals surface area contributed by atoms with Crippen LogP contribution >= 0.6 is 46.6 Å². The highest BCUT2D eigenvalue weighted by Crippen LogP contribution is 2.27. The molecule has 0 fully saturated rings. The number of benzene rings is 1. The van der Waals surface area contributed by atoms with E-state index in [-0.39, 0.29) is 0 Å². The molecule has 6 heteroatoms. The third kappa shape index (κ3) is 3.91. The van der Waals surface area contributed by atoms with Crippen LogP contribution in [0.25, 0.3) is 10.2 Å². The monoisotopic (exact) mass is 314 g/mol. The van der Waals surface area contributed by atoms with Crippen LogP contribution in [0, 0.1) is 0 Å². The molecule has 0 spiro atoms. The largest absolute Gasteiger partial charge is 0.271 e. The highest BCUT2D eigenvalue weighted by Gasteiger charge is 2.02. The van der Waals surface area contributed by atoms with Gasteiger partial charge in [0.2, 0.25) is 0 Å². The summed E-state index contributed by atoms with van der Waals surface area (Å²) in [7, 11) is 0. The summed E-state index contributed by atoms with van der Waals surface area (Å²) >= 11 is 7.05. The van der Waals surface area contributed by atoms with Gasteiger partial charge in [-0.1, -0.05) is 35.7 Å². The minimum atomic E-state index is 1.03. The lowest BCUT2D eigenvalue weighted by molar-refractivity contribution is 1.18. The van der Waals surface area contributed by atoms with Crippen molar-refractivity contribution in [3.8, 4) is 0 Å². The van der Waals surface area contributed by atoms with E-state index >= 15 is 0 Å². The molecule has 0 unspecified atom stereocenters. The fraction of sp³-hybridized carbons (Fsp3) is 0.333. The molecular weight excluding hydrogens is 300 g/mol. The van der Waals surface area contributed by atoms with Crippen molar-refractivity contribution in [2.45, 2.75) is 4.34 Å². The molecule has 0 saturated carbocycles. The van der Waals surface area contributed by atoms with Gasteiger partial charge in [-0.05, 0) is 24.6 Å². The van der Waals surface area contributed by atoms with Gasteiger partial charge in [0.05, 0.1) is 16.8 Å². The molecule has 2 aromatic rings. The third-order valence-electron chi connectivity index (χ3n) is 2.18. The van der Waals surface area contributed by atoms with Crippen LogP contribution in [-0.2, 0) is 0 Å². The first-order chi connectivity index (χ1) is 8.83. The van der Waals surface area contributed by atoms with Crippen molar-refractivity contribution in [2.75, 3.05) is 24.8 Å². The van der Waals surface area contributed by atoms with Gasteiger partial charge in [-0.2, -0.15) is 0 Å². The highest BCUT2D eigenvalue weighted by atomic mass is 32.2. The number of hydrogen-bond donors (Lipinski definition) is 0. The van der Waals surface area contributed by atoms with Gasteiger partial charge in [0.15, 0.2) is 4.34 Å². The van der Waals surface area contributed by atoms with E-state index < -0.39 is 0 Å². The van der Waals surface area contributed by atoms with Crippen LogP contribution < -0.4 is 0 Å². The molecule has 2 heterocycles. The van der Waals surface area contributed by atoms with Crippen LogP contribution in [-0.4, -0.2) is 34.2 Å². The molecule has 0 amide bonds. The number of hydrogen-bond acceptors (Lipinski definition) is 6. The van der Waals surface area contributed by atoms with Crippen molar-refractivity contribution < 1.29 is 0 Å². The molecule has 2 nitrogen and oxygen atoms in total. The molecule has 0 atom stereocenters. The average molecular weight is 315 g/mol. The first kappa shape index (κ1) is 14.2. The number of aromatic nitrogens is 1. The second-order valence-electron chi connectivity index (χ2n) is 3.35. The zero-order valence-corrected chi connectivity index (χ0v) is 13.5. The van der Waals surface area contributed by atoms with Crippen LogP contribution in [0.4, 0.5) is 0 Å². The van der Waals surface area contributed by atoms with E-state index in [1.165, 1.54) is 14.8 Å². The Morgan fingerprint density at radius 3 is 2.56 bits per heavy atom. The van der Waals surface area contributed by atoms with Gasteiger partial charge in [-0.25, -0.2) is 4.98 Å². The Balaban J connectivity index is 0.000000149. The lowest BCUT2D eigenvalue weighted by atomic mass is 10.3. The second-order valence-corrected chi connectivity index (χ2v) is 7.57. The van der Waals surface area contributed by atoms with E-state index in [2.05, 4.69) is 28.6 Å². The summed E-state index contributed by atoms with van der Waals surface area (Å²) in [6.45, 7) is 1.03. The number of thioether (sulfide) groups is 3. The van der Waals surface area contributed by atoms with E-state index in [0.717, 1.165) is 16.4 Å². The van der Waals surface area contributed by atoms with Crippen LogP contribution in [0.3, 0.4) is 0 Å². The van der Waals surface area contributed by atoms with Crippen LogP contribution in [0.1, 0.15) is 0 Å². The smallest absolute Gasteiger partial charge is 0.150 e. The summed E-state index contributed by atoms with van der Waals surface area (Å²) in [6, 6.07) is 8.22. The fourth-order valence-corrected chi connectivity index (χ4v) is 4.35. The lowest BCUT2D eigenvalue weighted by Gasteiger charge is -1.85. The summed E-state index contributed by atoms with van der Waals surface area (Å²) in [5.41, 5.74) is 1.11. The van der Waals surface area contributed by atoms with Crippen LogP contribution in [0.5, 0.6) is 0 Å². The molecule has 1 aliphatic heterocycles. The average Bonchev–Trinajstić information content (AvgIpc) is 3.07. The molecular formula is C12H14N2S4. The van der Waals surface area contributed by atoms with Crippen molar-refractivity contribution in [3.05, 3.63) is 24.3 Å². The van der Waals surface area contributed by atoms with E-state index in [4.69, 9.17) is 0 Å². The zero-order valence-electron chi connectivity index (χ0n) is 10.3. The normalized spacial score (nSPS) is 14.2. The lowest BCUT2D eigenvalue weighted by Crippen LogP contribution is -1.72. The van der Waals surface area contributed by atoms with Gasteiger partial charge in [0, 0.05) is 5.75 Å². The summed E-state index contributed by atoms with van der Waals surface area (Å²) in [5, 5.41) is 0. The number of fused-ring (bicyclic) bond motifs is 1. The van der Waals surface area contributed by atoms with E-state index in [9.17, 15) is 0 Å². The highest BCUT2D eigenvalue weighted by molar-refractivity contribution is 8.38. The fourth-order valence-electron chi connectivity index (χ4n) is 1.38. The molecule has 18 heavy (non-hydrogen) atoms. The van der Waals surface area contributed by atoms with Gasteiger partial charge in [0.1, 0.15) is 4.38 Å². The molecule has 1 aromatic carbocycles. The number of rotatable bonds is 1. The molecule has 0 radical (unpaired) electrons. The molecule has 0 N–H and O–H groups in total. The summed E-state index contributed by atoms with van der Waals surface area (Å²) in [6.07, 6.45) is 4.12. The van der Waals surface area contributed by atoms with Gasteiger partial charge in [0.25, 0.3) is 0 Å². The third-order valence-corrected chi connectivity index (χ3v) is 6.30. The molecule has 3 rings (SSSR count). The Hall–Kier alpha value is -0.170. The van der Waals surface area contributed by atoms with E-state index in [1.807, 2.05) is 30.0 Å². The minimum Gasteiger partial charge on any atom is -0.271 e. The van der Waals surface area contributed by atoms with Crippen molar-refractivity contribution in [2.24, 2.45) is 4.99 Å². The minimum absolute atomic E-state index is 1.03. The predicted molar refractivity (Wildman–Crippen MR) is 89.7 cm³/mol. The van der Waals surface area contributed by atoms with Crippen LogP contribution in [0.2, 0.25) is 0 Å². The van der Waals surface area contributed by atoms with Crippen molar-refractivity contribution in [1.29, 1.82) is 0 Å². The van der Waals surface area contributed by atoms with E-state index in [1.54, 1.807) is 34.9 Å². The van der Waals surface area contributed by atoms with Crippen molar-refractivity contribution in [3.63, 3.8) is 0 Å². The standard InChI is InChI=1S/C8H7NS2.C4H7NS2/c1-10-8-9-6-4-2-3-5-7(6)11-8;1-6-4-5-2-3-7-4/h2-5H,1H3;2-3H2,1H3. The Kier molecular flexibility index (Phi) is 5.88. The van der Waals surface area contributed by atoms with E-state index in [0.29, 0.717) is 0 Å². The first-order valence-corrected chi connectivity index (χ1v) is 9.69. The molecule has 96 valence electrons. The molecule has 0 aliphatic carbocycles. The molecule has 0 bridgehead atoms. The Morgan fingerprint density at radius 2 is 2.00 bits per heavy atom. The zero-order chi connectivity index (χ0) is 12.8. The number of aliphatic imine (C=N–C) groups is 1. The second kappa shape index (κ2) is 7.43. The summed E-state index contributed by atoms with van der Waals surface area (Å²) in [5.74, 6) is 1.19. The van der Waals surface area contributed by atoms with Crippen molar-refractivity contribution >= 4 is 61.2 Å². The number of thiazole rings is 1. The molecule has 1 aromatic heterocycles. The maximum absolute atomic E-state index is 4.41. The summed E-state index contributed by atoms with van der Waals surface area (Å²) < 4.78 is 3.67. The van der Waals surface area contributed by atoms with Gasteiger partial charge in [-0.15, -0.1) is 23.1 Å². The Morgan fingerprint density at radius 1 is 1.17 bits per heavy atom. The SMILES string of the molecule is CSC1=NCCS1.CSc1nc2ccccc2s1. The van der Waals surface area contributed by atoms with Gasteiger partial charge in [-0.3, -0.25) is 4.99 Å². The Labute approximate surface area is 124 Å². The Bertz CT molecular complexity index is 503. The maximum Gasteiger partial charge on any atom is 0.150 e. The van der Waals surface area contributed by atoms with Gasteiger partial charge < -0.3 is 0 Å². The predicted octanol–water partition coefficient (Wildman–Crippen LogP) is 4.47. The number of para-hydroxylation sites is 1. The first-order valence-electron chi connectivity index (χ1n) is 5.44. The van der Waals surface area contributed by atoms with Gasteiger partial charge >= 0.3 is 0 Å². The van der Waals surface area contributed by atoms with Crippen LogP contribution in [0.15, 0.2) is 33.6 Å². The maximum atomic E-state index is 4.41. The molecule has 0 saturated heterocycles.